The van der Waals surface area contributed by atoms with E-state index in [2.05, 4.69) is 0 Å². The van der Waals surface area contributed by atoms with Gasteiger partial charge in [0.05, 0.1) is 5.60 Å². The van der Waals surface area contributed by atoms with E-state index in [1.807, 2.05) is 19.9 Å². The molecule has 1 saturated carbocycles. The van der Waals surface area contributed by atoms with Gasteiger partial charge in [0.15, 0.2) is 0 Å². The number of pyridine rings is 1. The zero-order chi connectivity index (χ0) is 19.6. The molecule has 0 spiro atoms. The standard InChI is InChI=1S/C21H32N2O4/c1-15-13-16(2)23(10-6-12-27-3)20(25)18(15)19(24)22-11-9-21(26)8-5-4-7-17(21)14-22/h13,17,26H,4-12,14H2,1-3H3. The van der Waals surface area contributed by atoms with Crippen LogP contribution >= 0.6 is 0 Å². The summed E-state index contributed by atoms with van der Waals surface area (Å²) in [6, 6.07) is 1.92. The number of hydrogen-bond donors (Lipinski definition) is 1. The summed E-state index contributed by atoms with van der Waals surface area (Å²) < 4.78 is 6.77. The normalized spacial score (nSPS) is 25.3. The fourth-order valence-corrected chi connectivity index (χ4v) is 4.75. The number of amides is 1. The van der Waals surface area contributed by atoms with E-state index in [1.165, 1.54) is 0 Å². The molecule has 27 heavy (non-hydrogen) atoms. The minimum absolute atomic E-state index is 0.124. The average molecular weight is 376 g/mol. The van der Waals surface area contributed by atoms with E-state index in [9.17, 15) is 14.7 Å². The molecule has 1 aliphatic heterocycles. The second-order valence-corrected chi connectivity index (χ2v) is 8.19. The number of fused-ring (bicyclic) bond motifs is 1. The highest BCUT2D eigenvalue weighted by molar-refractivity contribution is 5.95. The van der Waals surface area contributed by atoms with Crippen molar-refractivity contribution in [3.8, 4) is 0 Å². The molecular weight excluding hydrogens is 344 g/mol. The highest BCUT2D eigenvalue weighted by Crippen LogP contribution is 2.40. The summed E-state index contributed by atoms with van der Waals surface area (Å²) in [6.45, 7) is 5.92. The monoisotopic (exact) mass is 376 g/mol. The van der Waals surface area contributed by atoms with Gasteiger partial charge in [0.1, 0.15) is 5.56 Å². The molecule has 2 heterocycles. The lowest BCUT2D eigenvalue weighted by molar-refractivity contribution is -0.0886. The maximum atomic E-state index is 13.2. The number of carbonyl (C=O) groups is 1. The molecule has 1 amide bonds. The lowest BCUT2D eigenvalue weighted by Crippen LogP contribution is -2.55. The van der Waals surface area contributed by atoms with Gasteiger partial charge in [0, 0.05) is 45.0 Å². The molecule has 6 heteroatoms. The molecule has 2 atom stereocenters. The van der Waals surface area contributed by atoms with Crippen LogP contribution in [0.25, 0.3) is 0 Å². The Kier molecular flexibility index (Phi) is 6.06. The van der Waals surface area contributed by atoms with Crippen LogP contribution in [0.2, 0.25) is 0 Å². The summed E-state index contributed by atoms with van der Waals surface area (Å²) in [6.07, 6.45) is 5.28. The molecule has 0 aromatic carbocycles. The Hall–Kier alpha value is -1.66. The number of methoxy groups -OCH3 is 1. The minimum Gasteiger partial charge on any atom is -0.389 e. The van der Waals surface area contributed by atoms with Crippen molar-refractivity contribution in [1.29, 1.82) is 0 Å². The van der Waals surface area contributed by atoms with Crippen LogP contribution in [0.15, 0.2) is 10.9 Å². The van der Waals surface area contributed by atoms with Crippen molar-refractivity contribution in [2.24, 2.45) is 5.92 Å². The quantitative estimate of drug-likeness (QED) is 0.800. The van der Waals surface area contributed by atoms with E-state index >= 15 is 0 Å². The topological polar surface area (TPSA) is 71.8 Å². The Morgan fingerprint density at radius 1 is 1.33 bits per heavy atom. The molecule has 1 saturated heterocycles. The van der Waals surface area contributed by atoms with Gasteiger partial charge in [-0.2, -0.15) is 0 Å². The molecule has 2 aliphatic rings. The molecule has 1 N–H and O–H groups in total. The summed E-state index contributed by atoms with van der Waals surface area (Å²) in [5, 5.41) is 10.9. The van der Waals surface area contributed by atoms with E-state index in [0.29, 0.717) is 32.7 Å². The first-order valence-electron chi connectivity index (χ1n) is 10.1. The maximum absolute atomic E-state index is 13.2. The number of ether oxygens (including phenoxy) is 1. The summed E-state index contributed by atoms with van der Waals surface area (Å²) in [5.74, 6) is -0.0655. The highest BCUT2D eigenvalue weighted by atomic mass is 16.5. The van der Waals surface area contributed by atoms with Crippen molar-refractivity contribution in [2.45, 2.75) is 64.5 Å². The van der Waals surface area contributed by atoms with Crippen molar-refractivity contribution >= 4 is 5.91 Å². The van der Waals surface area contributed by atoms with Crippen LogP contribution in [-0.2, 0) is 11.3 Å². The van der Waals surface area contributed by atoms with Gasteiger partial charge in [-0.15, -0.1) is 0 Å². The molecule has 1 aromatic heterocycles. The number of aryl methyl sites for hydroxylation is 2. The van der Waals surface area contributed by atoms with Crippen LogP contribution in [0.4, 0.5) is 0 Å². The van der Waals surface area contributed by atoms with Crippen LogP contribution in [-0.4, -0.2) is 52.9 Å². The van der Waals surface area contributed by atoms with Crippen LogP contribution in [0, 0.1) is 19.8 Å². The number of piperidine rings is 1. The third-order valence-corrected chi connectivity index (χ3v) is 6.36. The largest absolute Gasteiger partial charge is 0.389 e. The Morgan fingerprint density at radius 3 is 2.85 bits per heavy atom. The number of carbonyl (C=O) groups excluding carboxylic acids is 1. The fourth-order valence-electron chi connectivity index (χ4n) is 4.75. The van der Waals surface area contributed by atoms with Crippen molar-refractivity contribution in [3.05, 3.63) is 33.2 Å². The molecule has 0 bridgehead atoms. The lowest BCUT2D eigenvalue weighted by atomic mass is 9.71. The summed E-state index contributed by atoms with van der Waals surface area (Å²) >= 11 is 0. The highest BCUT2D eigenvalue weighted by Gasteiger charge is 2.44. The van der Waals surface area contributed by atoms with Gasteiger partial charge >= 0.3 is 0 Å². The van der Waals surface area contributed by atoms with Gasteiger partial charge < -0.3 is 19.3 Å². The fraction of sp³-hybridized carbons (Fsp3) is 0.714. The van der Waals surface area contributed by atoms with E-state index in [-0.39, 0.29) is 22.9 Å². The van der Waals surface area contributed by atoms with E-state index < -0.39 is 5.60 Å². The van der Waals surface area contributed by atoms with Crippen LogP contribution in [0.3, 0.4) is 0 Å². The zero-order valence-corrected chi connectivity index (χ0v) is 16.8. The van der Waals surface area contributed by atoms with Gasteiger partial charge in [0.25, 0.3) is 11.5 Å². The smallest absolute Gasteiger partial charge is 0.263 e. The van der Waals surface area contributed by atoms with Crippen molar-refractivity contribution < 1.29 is 14.6 Å². The summed E-state index contributed by atoms with van der Waals surface area (Å²) in [5.41, 5.74) is 1.04. The number of hydrogen-bond acceptors (Lipinski definition) is 4. The Bertz CT molecular complexity index is 757. The van der Waals surface area contributed by atoms with E-state index in [0.717, 1.165) is 43.4 Å². The number of nitrogens with zero attached hydrogens (tertiary/aromatic N) is 2. The molecular formula is C21H32N2O4. The molecule has 1 aromatic rings. The zero-order valence-electron chi connectivity index (χ0n) is 16.8. The number of likely N-dealkylation sites (tertiary alicyclic amines) is 1. The first kappa shape index (κ1) is 20.1. The summed E-state index contributed by atoms with van der Waals surface area (Å²) in [7, 11) is 1.64. The van der Waals surface area contributed by atoms with Crippen molar-refractivity contribution in [3.63, 3.8) is 0 Å². The molecule has 3 rings (SSSR count). The molecule has 2 unspecified atom stereocenters. The SMILES string of the molecule is COCCCn1c(C)cc(C)c(C(=O)N2CCC3(O)CCCCC3C2)c1=O. The van der Waals surface area contributed by atoms with Crippen LogP contribution in [0.5, 0.6) is 0 Å². The average Bonchev–Trinajstić information content (AvgIpc) is 2.63. The first-order valence-corrected chi connectivity index (χ1v) is 10.1. The van der Waals surface area contributed by atoms with Crippen LogP contribution in [0.1, 0.15) is 60.1 Å². The lowest BCUT2D eigenvalue weighted by Gasteiger charge is -2.47. The molecule has 0 radical (unpaired) electrons. The second kappa shape index (κ2) is 8.15. The van der Waals surface area contributed by atoms with Gasteiger partial charge in [-0.1, -0.05) is 12.8 Å². The van der Waals surface area contributed by atoms with E-state index in [1.54, 1.807) is 16.6 Å². The number of rotatable bonds is 5. The van der Waals surface area contributed by atoms with Gasteiger partial charge in [-0.25, -0.2) is 0 Å². The second-order valence-electron chi connectivity index (χ2n) is 8.19. The van der Waals surface area contributed by atoms with Crippen molar-refractivity contribution in [1.82, 2.24) is 9.47 Å². The predicted molar refractivity (Wildman–Crippen MR) is 104 cm³/mol. The number of aliphatic hydroxyl groups is 1. The molecule has 6 nitrogen and oxygen atoms in total. The minimum atomic E-state index is -0.627. The third kappa shape index (κ3) is 3.97. The maximum Gasteiger partial charge on any atom is 0.263 e. The Balaban J connectivity index is 1.84. The molecule has 2 fully saturated rings. The Labute approximate surface area is 161 Å². The van der Waals surface area contributed by atoms with Gasteiger partial charge in [0.2, 0.25) is 0 Å². The summed E-state index contributed by atoms with van der Waals surface area (Å²) in [4.78, 5) is 28.1. The predicted octanol–water partition coefficient (Wildman–Crippen LogP) is 2.27. The van der Waals surface area contributed by atoms with Crippen LogP contribution < -0.4 is 5.56 Å². The number of aromatic nitrogens is 1. The van der Waals surface area contributed by atoms with Crippen molar-refractivity contribution in [2.75, 3.05) is 26.8 Å². The van der Waals surface area contributed by atoms with Gasteiger partial charge in [-0.05, 0) is 51.2 Å². The Morgan fingerprint density at radius 2 is 2.11 bits per heavy atom. The van der Waals surface area contributed by atoms with Gasteiger partial charge in [-0.3, -0.25) is 9.59 Å². The molecule has 150 valence electrons. The first-order chi connectivity index (χ1) is 12.9. The third-order valence-electron chi connectivity index (χ3n) is 6.36. The molecule has 1 aliphatic carbocycles. The van der Waals surface area contributed by atoms with E-state index in [4.69, 9.17) is 4.74 Å².